The Morgan fingerprint density at radius 1 is 1.09 bits per heavy atom. The topological polar surface area (TPSA) is 61.4 Å². The molecular weight excluding hydrogens is 310 g/mol. The number of amides is 2. The van der Waals surface area contributed by atoms with Gasteiger partial charge < -0.3 is 15.5 Å². The Morgan fingerprint density at radius 2 is 1.65 bits per heavy atom. The lowest BCUT2D eigenvalue weighted by Gasteiger charge is -2.17. The number of nitrogens with one attached hydrogen (secondary N) is 2. The molecule has 0 aromatic heterocycles. The first-order chi connectivity index (χ1) is 10.7. The Morgan fingerprint density at radius 3 is 2.17 bits per heavy atom. The maximum atomic E-state index is 11.9. The lowest BCUT2D eigenvalue weighted by Crippen LogP contribution is -2.39. The van der Waals surface area contributed by atoms with Gasteiger partial charge in [0.05, 0.1) is 0 Å². The molecule has 1 aromatic carbocycles. The normalized spacial score (nSPS) is 12.6. The number of nitrogens with zero attached hydrogens (tertiary/aromatic N) is 1. The molecule has 0 fully saturated rings. The molecule has 2 N–H and O–H groups in total. The van der Waals surface area contributed by atoms with E-state index < -0.39 is 10.8 Å². The van der Waals surface area contributed by atoms with Crippen molar-refractivity contribution in [2.75, 3.05) is 37.8 Å². The molecule has 130 valence electrons. The molecule has 0 aliphatic carbocycles. The van der Waals surface area contributed by atoms with Gasteiger partial charge in [0.25, 0.3) is 0 Å². The lowest BCUT2D eigenvalue weighted by molar-refractivity contribution is 0.241. The van der Waals surface area contributed by atoms with Crippen molar-refractivity contribution < 1.29 is 9.00 Å². The van der Waals surface area contributed by atoms with Crippen molar-refractivity contribution in [1.82, 2.24) is 10.6 Å². The van der Waals surface area contributed by atoms with E-state index in [0.717, 1.165) is 12.1 Å². The minimum absolute atomic E-state index is 0.208. The van der Waals surface area contributed by atoms with Gasteiger partial charge in [-0.15, -0.1) is 0 Å². The van der Waals surface area contributed by atoms with Crippen LogP contribution in [0.2, 0.25) is 0 Å². The number of hydrogen-bond donors (Lipinski definition) is 2. The van der Waals surface area contributed by atoms with Crippen LogP contribution in [-0.2, 0) is 17.2 Å². The fraction of sp³-hybridized carbons (Fsp3) is 0.588. The molecule has 0 unspecified atom stereocenters. The van der Waals surface area contributed by atoms with Crippen LogP contribution in [-0.4, -0.2) is 47.9 Å². The molecule has 0 bridgehead atoms. The minimum Gasteiger partial charge on any atom is -0.378 e. The van der Waals surface area contributed by atoms with Gasteiger partial charge in [-0.05, 0) is 44.9 Å². The van der Waals surface area contributed by atoms with Crippen molar-refractivity contribution >= 4 is 22.5 Å². The molecule has 0 saturated heterocycles. The quantitative estimate of drug-likeness (QED) is 0.800. The zero-order valence-electron chi connectivity index (χ0n) is 14.8. The number of benzene rings is 1. The molecule has 0 aliphatic heterocycles. The summed E-state index contributed by atoms with van der Waals surface area (Å²) in [4.78, 5) is 13.7. The first-order valence-corrected chi connectivity index (χ1v) is 9.18. The van der Waals surface area contributed by atoms with E-state index in [2.05, 4.69) is 39.8 Å². The van der Waals surface area contributed by atoms with Gasteiger partial charge in [-0.25, -0.2) is 4.79 Å². The van der Waals surface area contributed by atoms with E-state index in [4.69, 9.17) is 0 Å². The van der Waals surface area contributed by atoms with E-state index in [1.807, 2.05) is 34.9 Å². The summed E-state index contributed by atoms with van der Waals surface area (Å²) >= 11 is 0. The SMILES string of the molecule is CN(C)c1ccc(CCNC(=O)NCC[S@](=O)C(C)(C)C)cc1. The Kier molecular flexibility index (Phi) is 7.55. The highest BCUT2D eigenvalue weighted by molar-refractivity contribution is 7.86. The third-order valence-corrected chi connectivity index (χ3v) is 5.35. The minimum atomic E-state index is -0.942. The fourth-order valence-electron chi connectivity index (χ4n) is 1.91. The van der Waals surface area contributed by atoms with E-state index in [9.17, 15) is 9.00 Å². The second kappa shape index (κ2) is 8.91. The summed E-state index contributed by atoms with van der Waals surface area (Å²) in [5, 5.41) is 5.57. The average molecular weight is 340 g/mol. The van der Waals surface area contributed by atoms with Gasteiger partial charge in [0, 0.05) is 54.2 Å². The van der Waals surface area contributed by atoms with Crippen molar-refractivity contribution in [2.24, 2.45) is 0 Å². The van der Waals surface area contributed by atoms with Gasteiger partial charge in [0.1, 0.15) is 0 Å². The summed E-state index contributed by atoms with van der Waals surface area (Å²) in [5.74, 6) is 0.475. The maximum Gasteiger partial charge on any atom is 0.314 e. The van der Waals surface area contributed by atoms with E-state index in [-0.39, 0.29) is 10.8 Å². The van der Waals surface area contributed by atoms with Crippen molar-refractivity contribution in [2.45, 2.75) is 31.9 Å². The molecule has 5 nitrogen and oxygen atoms in total. The average Bonchev–Trinajstić information content (AvgIpc) is 2.46. The second-order valence-corrected chi connectivity index (χ2v) is 8.98. The summed E-state index contributed by atoms with van der Waals surface area (Å²) < 4.78 is 11.6. The number of hydrogen-bond acceptors (Lipinski definition) is 3. The standard InChI is InChI=1S/C17H29N3O2S/c1-17(2,3)23(22)13-12-19-16(21)18-11-10-14-6-8-15(9-7-14)20(4)5/h6-9H,10-13H2,1-5H3,(H2,18,19,21)/t23-/m0/s1. The highest BCUT2D eigenvalue weighted by Gasteiger charge is 2.18. The van der Waals surface area contributed by atoms with E-state index in [0.29, 0.717) is 18.8 Å². The molecular formula is C17H29N3O2S. The largest absolute Gasteiger partial charge is 0.378 e. The predicted octanol–water partition coefficient (Wildman–Crippen LogP) is 2.14. The fourth-order valence-corrected chi connectivity index (χ4v) is 2.81. The molecule has 1 aromatic rings. The van der Waals surface area contributed by atoms with Crippen LogP contribution in [0.15, 0.2) is 24.3 Å². The number of anilines is 1. The number of rotatable bonds is 7. The van der Waals surface area contributed by atoms with Crippen LogP contribution in [0.3, 0.4) is 0 Å². The van der Waals surface area contributed by atoms with E-state index in [1.54, 1.807) is 0 Å². The van der Waals surface area contributed by atoms with Crippen molar-refractivity contribution in [3.8, 4) is 0 Å². The zero-order chi connectivity index (χ0) is 17.5. The third-order valence-electron chi connectivity index (χ3n) is 3.41. The van der Waals surface area contributed by atoms with E-state index >= 15 is 0 Å². The molecule has 0 aliphatic rings. The molecule has 0 saturated carbocycles. The molecule has 0 radical (unpaired) electrons. The first kappa shape index (κ1) is 19.5. The van der Waals surface area contributed by atoms with Crippen molar-refractivity contribution in [3.63, 3.8) is 0 Å². The van der Waals surface area contributed by atoms with Crippen LogP contribution < -0.4 is 15.5 Å². The summed E-state index contributed by atoms with van der Waals surface area (Å²) in [6.45, 7) is 6.81. The Balaban J connectivity index is 2.22. The number of carbonyl (C=O) groups excluding carboxylic acids is 1. The van der Waals surface area contributed by atoms with Crippen LogP contribution >= 0.6 is 0 Å². The summed E-state index contributed by atoms with van der Waals surface area (Å²) in [6.07, 6.45) is 0.787. The lowest BCUT2D eigenvalue weighted by atomic mass is 10.1. The van der Waals surface area contributed by atoms with Gasteiger partial charge in [-0.1, -0.05) is 12.1 Å². The van der Waals surface area contributed by atoms with Crippen molar-refractivity contribution in [3.05, 3.63) is 29.8 Å². The molecule has 23 heavy (non-hydrogen) atoms. The smallest absolute Gasteiger partial charge is 0.314 e. The van der Waals surface area contributed by atoms with Gasteiger partial charge >= 0.3 is 6.03 Å². The zero-order valence-corrected chi connectivity index (χ0v) is 15.6. The van der Waals surface area contributed by atoms with Crippen LogP contribution in [0.4, 0.5) is 10.5 Å². The van der Waals surface area contributed by atoms with Gasteiger partial charge in [0.2, 0.25) is 0 Å². The molecule has 0 spiro atoms. The highest BCUT2D eigenvalue weighted by Crippen LogP contribution is 2.12. The van der Waals surface area contributed by atoms with Crippen LogP contribution in [0.25, 0.3) is 0 Å². The molecule has 0 heterocycles. The summed E-state index contributed by atoms with van der Waals surface area (Å²) in [6, 6.07) is 8.07. The summed E-state index contributed by atoms with van der Waals surface area (Å²) in [7, 11) is 3.07. The Labute approximate surface area is 142 Å². The monoisotopic (exact) mass is 339 g/mol. The van der Waals surface area contributed by atoms with Crippen molar-refractivity contribution in [1.29, 1.82) is 0 Å². The van der Waals surface area contributed by atoms with Gasteiger partial charge in [-0.2, -0.15) is 0 Å². The third kappa shape index (κ3) is 7.50. The second-order valence-electron chi connectivity index (χ2n) is 6.66. The predicted molar refractivity (Wildman–Crippen MR) is 98.6 cm³/mol. The van der Waals surface area contributed by atoms with Crippen LogP contribution in [0.5, 0.6) is 0 Å². The molecule has 1 atom stereocenters. The van der Waals surface area contributed by atoms with Crippen LogP contribution in [0, 0.1) is 0 Å². The summed E-state index contributed by atoms with van der Waals surface area (Å²) in [5.41, 5.74) is 2.34. The van der Waals surface area contributed by atoms with Gasteiger partial charge in [0.15, 0.2) is 0 Å². The van der Waals surface area contributed by atoms with Gasteiger partial charge in [-0.3, -0.25) is 4.21 Å². The highest BCUT2D eigenvalue weighted by atomic mass is 32.2. The number of carbonyl (C=O) groups is 1. The molecule has 6 heteroatoms. The molecule has 1 rings (SSSR count). The maximum absolute atomic E-state index is 11.9. The Bertz CT molecular complexity index is 522. The Hall–Kier alpha value is -1.56. The number of urea groups is 1. The van der Waals surface area contributed by atoms with Crippen LogP contribution in [0.1, 0.15) is 26.3 Å². The van der Waals surface area contributed by atoms with E-state index in [1.165, 1.54) is 5.56 Å². The molecule has 2 amide bonds. The first-order valence-electron chi connectivity index (χ1n) is 7.86.